The SMILES string of the molecule is C(=C\n1ncc2c(N3CCCC3)ncnc21)/c1ccccc1. The van der Waals surface area contributed by atoms with Crippen LogP contribution in [0, 0.1) is 0 Å². The summed E-state index contributed by atoms with van der Waals surface area (Å²) in [6.45, 7) is 2.13. The lowest BCUT2D eigenvalue weighted by atomic mass is 10.2. The summed E-state index contributed by atoms with van der Waals surface area (Å²) in [5.74, 6) is 1.00. The lowest BCUT2D eigenvalue weighted by molar-refractivity contribution is 0.931. The first-order valence-electron chi connectivity index (χ1n) is 7.58. The van der Waals surface area contributed by atoms with Gasteiger partial charge in [0, 0.05) is 19.3 Å². The zero-order valence-corrected chi connectivity index (χ0v) is 12.3. The molecule has 2 aromatic heterocycles. The van der Waals surface area contributed by atoms with Crippen molar-refractivity contribution in [3.63, 3.8) is 0 Å². The fourth-order valence-electron chi connectivity index (χ4n) is 2.86. The van der Waals surface area contributed by atoms with E-state index in [1.54, 1.807) is 6.33 Å². The number of fused-ring (bicyclic) bond motifs is 1. The Morgan fingerprint density at radius 2 is 1.82 bits per heavy atom. The first-order valence-corrected chi connectivity index (χ1v) is 7.58. The third kappa shape index (κ3) is 2.35. The van der Waals surface area contributed by atoms with E-state index < -0.39 is 0 Å². The van der Waals surface area contributed by atoms with Gasteiger partial charge in [0.15, 0.2) is 5.65 Å². The van der Waals surface area contributed by atoms with Crippen molar-refractivity contribution in [2.24, 2.45) is 0 Å². The zero-order chi connectivity index (χ0) is 14.8. The molecule has 5 heteroatoms. The molecule has 1 aliphatic rings. The van der Waals surface area contributed by atoms with Gasteiger partial charge < -0.3 is 4.90 Å². The first-order chi connectivity index (χ1) is 10.9. The number of anilines is 1. The quantitative estimate of drug-likeness (QED) is 0.744. The minimum Gasteiger partial charge on any atom is -0.356 e. The van der Waals surface area contributed by atoms with Crippen LogP contribution in [0.1, 0.15) is 18.4 Å². The number of rotatable bonds is 3. The van der Waals surface area contributed by atoms with Crippen LogP contribution in [-0.4, -0.2) is 32.8 Å². The molecular formula is C17H17N5. The van der Waals surface area contributed by atoms with Crippen molar-refractivity contribution in [3.05, 3.63) is 48.4 Å². The number of aromatic nitrogens is 4. The molecule has 4 rings (SSSR count). The van der Waals surface area contributed by atoms with Crippen molar-refractivity contribution < 1.29 is 0 Å². The largest absolute Gasteiger partial charge is 0.356 e. The minimum atomic E-state index is 0.851. The standard InChI is InChI=1S/C17H17N5/c1-2-6-14(7-3-1)8-11-22-17-15(12-20-22)16(18-13-19-17)21-9-4-5-10-21/h1-3,6-8,11-13H,4-5,9-10H2/b11-8+. The van der Waals surface area contributed by atoms with Crippen LogP contribution >= 0.6 is 0 Å². The summed E-state index contributed by atoms with van der Waals surface area (Å²) in [6.07, 6.45) is 9.92. The van der Waals surface area contributed by atoms with Gasteiger partial charge in [-0.15, -0.1) is 0 Å². The van der Waals surface area contributed by atoms with Crippen molar-refractivity contribution in [3.8, 4) is 0 Å². The number of nitrogens with zero attached hydrogens (tertiary/aromatic N) is 5. The summed E-state index contributed by atoms with van der Waals surface area (Å²) < 4.78 is 1.81. The average Bonchev–Trinajstić information content (AvgIpc) is 3.23. The van der Waals surface area contributed by atoms with Gasteiger partial charge in [0.1, 0.15) is 12.1 Å². The third-order valence-corrected chi connectivity index (χ3v) is 3.98. The lowest BCUT2D eigenvalue weighted by Gasteiger charge is -2.16. The Balaban J connectivity index is 1.71. The predicted molar refractivity (Wildman–Crippen MR) is 88.4 cm³/mol. The van der Waals surface area contributed by atoms with Crippen molar-refractivity contribution >= 4 is 29.1 Å². The van der Waals surface area contributed by atoms with E-state index in [0.717, 1.165) is 35.5 Å². The molecule has 1 fully saturated rings. The smallest absolute Gasteiger partial charge is 0.167 e. The van der Waals surface area contributed by atoms with E-state index in [4.69, 9.17) is 0 Å². The summed E-state index contributed by atoms with van der Waals surface area (Å²) in [4.78, 5) is 11.2. The number of hydrogen-bond acceptors (Lipinski definition) is 4. The maximum absolute atomic E-state index is 4.46. The van der Waals surface area contributed by atoms with E-state index in [-0.39, 0.29) is 0 Å². The molecule has 0 saturated carbocycles. The van der Waals surface area contributed by atoms with Crippen LogP contribution in [0.5, 0.6) is 0 Å². The molecule has 1 aliphatic heterocycles. The second-order valence-corrected chi connectivity index (χ2v) is 5.44. The van der Waals surface area contributed by atoms with Crippen LogP contribution in [0.4, 0.5) is 5.82 Å². The molecule has 0 bridgehead atoms. The molecular weight excluding hydrogens is 274 g/mol. The zero-order valence-electron chi connectivity index (χ0n) is 12.3. The topological polar surface area (TPSA) is 46.8 Å². The second kappa shape index (κ2) is 5.60. The van der Waals surface area contributed by atoms with Gasteiger partial charge in [0.25, 0.3) is 0 Å². The van der Waals surface area contributed by atoms with Crippen LogP contribution in [0.15, 0.2) is 42.9 Å². The monoisotopic (exact) mass is 291 g/mol. The van der Waals surface area contributed by atoms with Crippen molar-refractivity contribution in [1.82, 2.24) is 19.7 Å². The van der Waals surface area contributed by atoms with Crippen molar-refractivity contribution in [2.75, 3.05) is 18.0 Å². The molecule has 0 N–H and O–H groups in total. The van der Waals surface area contributed by atoms with Gasteiger partial charge in [-0.05, 0) is 24.5 Å². The molecule has 0 amide bonds. The summed E-state index contributed by atoms with van der Waals surface area (Å²) in [7, 11) is 0. The summed E-state index contributed by atoms with van der Waals surface area (Å²) in [5, 5.41) is 5.46. The van der Waals surface area contributed by atoms with Gasteiger partial charge in [-0.2, -0.15) is 5.10 Å². The fourth-order valence-corrected chi connectivity index (χ4v) is 2.86. The van der Waals surface area contributed by atoms with Crippen LogP contribution in [0.25, 0.3) is 23.3 Å². The minimum absolute atomic E-state index is 0.851. The fraction of sp³-hybridized carbons (Fsp3) is 0.235. The van der Waals surface area contributed by atoms with Crippen LogP contribution in [-0.2, 0) is 0 Å². The molecule has 0 aliphatic carbocycles. The molecule has 3 aromatic rings. The van der Waals surface area contributed by atoms with Gasteiger partial charge >= 0.3 is 0 Å². The Hall–Kier alpha value is -2.69. The molecule has 0 unspecified atom stereocenters. The lowest BCUT2D eigenvalue weighted by Crippen LogP contribution is -2.19. The van der Waals surface area contributed by atoms with E-state index in [9.17, 15) is 0 Å². The Morgan fingerprint density at radius 1 is 1.00 bits per heavy atom. The predicted octanol–water partition coefficient (Wildman–Crippen LogP) is 3.05. The van der Waals surface area contributed by atoms with E-state index in [1.807, 2.05) is 41.4 Å². The molecule has 0 atom stereocenters. The Bertz CT molecular complexity index is 800. The van der Waals surface area contributed by atoms with Gasteiger partial charge in [0.2, 0.25) is 0 Å². The highest BCUT2D eigenvalue weighted by Crippen LogP contribution is 2.25. The van der Waals surface area contributed by atoms with E-state index in [2.05, 4.69) is 32.1 Å². The Morgan fingerprint density at radius 3 is 2.64 bits per heavy atom. The number of hydrogen-bond donors (Lipinski definition) is 0. The van der Waals surface area contributed by atoms with Crippen molar-refractivity contribution in [2.45, 2.75) is 12.8 Å². The van der Waals surface area contributed by atoms with Gasteiger partial charge in [-0.3, -0.25) is 0 Å². The van der Waals surface area contributed by atoms with Gasteiger partial charge in [-0.1, -0.05) is 30.3 Å². The maximum Gasteiger partial charge on any atom is 0.167 e. The van der Waals surface area contributed by atoms with Crippen LogP contribution in [0.3, 0.4) is 0 Å². The first kappa shape index (κ1) is 13.0. The summed E-state index contributed by atoms with van der Waals surface area (Å²) in [6, 6.07) is 10.2. The Kier molecular flexibility index (Phi) is 3.31. The second-order valence-electron chi connectivity index (χ2n) is 5.44. The molecule has 1 aromatic carbocycles. The Labute approximate surface area is 128 Å². The van der Waals surface area contributed by atoms with Gasteiger partial charge in [0.05, 0.1) is 11.6 Å². The molecule has 1 saturated heterocycles. The maximum atomic E-state index is 4.46. The van der Waals surface area contributed by atoms with Crippen LogP contribution < -0.4 is 4.90 Å². The van der Waals surface area contributed by atoms with Crippen LogP contribution in [0.2, 0.25) is 0 Å². The highest BCUT2D eigenvalue weighted by molar-refractivity contribution is 5.88. The highest BCUT2D eigenvalue weighted by atomic mass is 15.3. The van der Waals surface area contributed by atoms with E-state index in [0.29, 0.717) is 0 Å². The average molecular weight is 291 g/mol. The molecule has 0 spiro atoms. The van der Waals surface area contributed by atoms with Gasteiger partial charge in [-0.25, -0.2) is 14.6 Å². The number of benzene rings is 1. The van der Waals surface area contributed by atoms with E-state index in [1.165, 1.54) is 12.8 Å². The molecule has 0 radical (unpaired) electrons. The van der Waals surface area contributed by atoms with Crippen molar-refractivity contribution in [1.29, 1.82) is 0 Å². The normalized spacial score (nSPS) is 15.2. The molecule has 3 heterocycles. The summed E-state index contributed by atoms with van der Waals surface area (Å²) >= 11 is 0. The highest BCUT2D eigenvalue weighted by Gasteiger charge is 2.18. The molecule has 22 heavy (non-hydrogen) atoms. The molecule has 110 valence electrons. The molecule has 5 nitrogen and oxygen atoms in total. The summed E-state index contributed by atoms with van der Waals surface area (Å²) in [5.41, 5.74) is 1.99. The van der Waals surface area contributed by atoms with E-state index >= 15 is 0 Å². The third-order valence-electron chi connectivity index (χ3n) is 3.98.